The van der Waals surface area contributed by atoms with Gasteiger partial charge in [0.05, 0.1) is 0 Å². The summed E-state index contributed by atoms with van der Waals surface area (Å²) in [4.78, 5) is 4.06. The van der Waals surface area contributed by atoms with Gasteiger partial charge in [0, 0.05) is 12.6 Å². The summed E-state index contributed by atoms with van der Waals surface area (Å²) in [6, 6.07) is 0.341. The molecule has 0 rings (SSSR count). The van der Waals surface area contributed by atoms with E-state index in [2.05, 4.69) is 38.0 Å². The van der Waals surface area contributed by atoms with E-state index >= 15 is 0 Å². The van der Waals surface area contributed by atoms with Crippen LogP contribution in [0.5, 0.6) is 0 Å². The van der Waals surface area contributed by atoms with Crippen LogP contribution < -0.4 is 11.1 Å². The molecule has 0 aliphatic heterocycles. The molecule has 0 radical (unpaired) electrons. The summed E-state index contributed by atoms with van der Waals surface area (Å²) in [6.45, 7) is 11.3. The molecule has 0 aromatic rings. The Bertz CT molecular complexity index is 156. The smallest absolute Gasteiger partial charge is 0.188 e. The highest BCUT2D eigenvalue weighted by Crippen LogP contribution is 2.17. The third kappa shape index (κ3) is 4.21. The van der Waals surface area contributed by atoms with Crippen molar-refractivity contribution < 1.29 is 0 Å². The highest BCUT2D eigenvalue weighted by molar-refractivity contribution is 5.78. The summed E-state index contributed by atoms with van der Waals surface area (Å²) >= 11 is 0. The first-order valence-electron chi connectivity index (χ1n) is 4.44. The summed E-state index contributed by atoms with van der Waals surface area (Å²) in [5.41, 5.74) is 5.84. The maximum absolute atomic E-state index is 5.62. The molecule has 0 saturated heterocycles. The summed E-state index contributed by atoms with van der Waals surface area (Å²) in [6.07, 6.45) is 0. The van der Waals surface area contributed by atoms with Crippen LogP contribution in [0.2, 0.25) is 0 Å². The molecule has 3 N–H and O–H groups in total. The van der Waals surface area contributed by atoms with Crippen molar-refractivity contribution in [2.24, 2.45) is 16.1 Å². The van der Waals surface area contributed by atoms with E-state index in [-0.39, 0.29) is 5.41 Å². The third-order valence-corrected chi connectivity index (χ3v) is 1.99. The SMILES string of the molecule is CCN=C(N)NC(C)C(C)(C)C. The van der Waals surface area contributed by atoms with Gasteiger partial charge in [-0.25, -0.2) is 0 Å². The molecule has 1 atom stereocenters. The fraction of sp³-hybridized carbons (Fsp3) is 0.889. The predicted molar refractivity (Wildman–Crippen MR) is 54.2 cm³/mol. The third-order valence-electron chi connectivity index (χ3n) is 1.99. The van der Waals surface area contributed by atoms with E-state index in [0.29, 0.717) is 12.0 Å². The average Bonchev–Trinajstić information content (AvgIpc) is 1.85. The molecule has 3 nitrogen and oxygen atoms in total. The van der Waals surface area contributed by atoms with Crippen LogP contribution in [-0.4, -0.2) is 18.5 Å². The molecule has 12 heavy (non-hydrogen) atoms. The van der Waals surface area contributed by atoms with E-state index in [1.165, 1.54) is 0 Å². The van der Waals surface area contributed by atoms with Crippen molar-refractivity contribution in [1.82, 2.24) is 5.32 Å². The van der Waals surface area contributed by atoms with Gasteiger partial charge in [-0.1, -0.05) is 20.8 Å². The van der Waals surface area contributed by atoms with Gasteiger partial charge in [-0.15, -0.1) is 0 Å². The zero-order valence-electron chi connectivity index (χ0n) is 8.81. The monoisotopic (exact) mass is 171 g/mol. The Balaban J connectivity index is 4.01. The minimum absolute atomic E-state index is 0.216. The number of rotatable bonds is 2. The van der Waals surface area contributed by atoms with Gasteiger partial charge in [0.15, 0.2) is 5.96 Å². The van der Waals surface area contributed by atoms with Crippen molar-refractivity contribution in [3.8, 4) is 0 Å². The standard InChI is InChI=1S/C9H21N3/c1-6-11-8(10)12-7(2)9(3,4)5/h7H,6H2,1-5H3,(H3,10,11,12). The van der Waals surface area contributed by atoms with Gasteiger partial charge in [-0.3, -0.25) is 4.99 Å². The molecule has 0 heterocycles. The maximum Gasteiger partial charge on any atom is 0.188 e. The minimum Gasteiger partial charge on any atom is -0.370 e. The lowest BCUT2D eigenvalue weighted by atomic mass is 9.88. The number of aliphatic imine (C=N–C) groups is 1. The molecule has 0 spiro atoms. The number of nitrogens with two attached hydrogens (primary N) is 1. The van der Waals surface area contributed by atoms with Crippen molar-refractivity contribution in [2.75, 3.05) is 6.54 Å². The maximum atomic E-state index is 5.62. The molecule has 0 aromatic heterocycles. The second-order valence-corrected chi connectivity index (χ2v) is 4.09. The summed E-state index contributed by atoms with van der Waals surface area (Å²) in [5, 5.41) is 3.15. The fourth-order valence-corrected chi connectivity index (χ4v) is 0.654. The second-order valence-electron chi connectivity index (χ2n) is 4.09. The number of nitrogens with one attached hydrogen (secondary N) is 1. The normalized spacial score (nSPS) is 15.9. The van der Waals surface area contributed by atoms with Crippen molar-refractivity contribution >= 4 is 5.96 Å². The van der Waals surface area contributed by atoms with E-state index < -0.39 is 0 Å². The van der Waals surface area contributed by atoms with Crippen LogP contribution >= 0.6 is 0 Å². The molecule has 0 saturated carbocycles. The second kappa shape index (κ2) is 4.33. The van der Waals surface area contributed by atoms with Crippen LogP contribution in [0.1, 0.15) is 34.6 Å². The quantitative estimate of drug-likeness (QED) is 0.486. The summed E-state index contributed by atoms with van der Waals surface area (Å²) in [7, 11) is 0. The van der Waals surface area contributed by atoms with Gasteiger partial charge in [0.2, 0.25) is 0 Å². The van der Waals surface area contributed by atoms with Crippen molar-refractivity contribution in [1.29, 1.82) is 0 Å². The molecule has 72 valence electrons. The Morgan fingerprint density at radius 1 is 1.50 bits per heavy atom. The van der Waals surface area contributed by atoms with Gasteiger partial charge in [0.25, 0.3) is 0 Å². The fourth-order valence-electron chi connectivity index (χ4n) is 0.654. The van der Waals surface area contributed by atoms with Crippen LogP contribution in [-0.2, 0) is 0 Å². The lowest BCUT2D eigenvalue weighted by Crippen LogP contribution is -2.45. The lowest BCUT2D eigenvalue weighted by Gasteiger charge is -2.28. The largest absolute Gasteiger partial charge is 0.370 e. The molecule has 0 aliphatic rings. The van der Waals surface area contributed by atoms with Gasteiger partial charge < -0.3 is 11.1 Å². The van der Waals surface area contributed by atoms with Crippen molar-refractivity contribution in [3.63, 3.8) is 0 Å². The zero-order chi connectivity index (χ0) is 9.78. The van der Waals surface area contributed by atoms with Crippen LogP contribution in [0.25, 0.3) is 0 Å². The molecule has 1 unspecified atom stereocenters. The average molecular weight is 171 g/mol. The first kappa shape index (κ1) is 11.3. The lowest BCUT2D eigenvalue weighted by molar-refractivity contribution is 0.315. The van der Waals surface area contributed by atoms with Gasteiger partial charge in [0.1, 0.15) is 0 Å². The zero-order valence-corrected chi connectivity index (χ0v) is 8.81. The van der Waals surface area contributed by atoms with Gasteiger partial charge >= 0.3 is 0 Å². The highest BCUT2D eigenvalue weighted by atomic mass is 15.1. The molecular weight excluding hydrogens is 150 g/mol. The van der Waals surface area contributed by atoms with Crippen molar-refractivity contribution in [2.45, 2.75) is 40.7 Å². The molecule has 0 bridgehead atoms. The van der Waals surface area contributed by atoms with E-state index in [1.807, 2.05) is 6.92 Å². The van der Waals surface area contributed by atoms with Crippen LogP contribution in [0, 0.1) is 5.41 Å². The van der Waals surface area contributed by atoms with Crippen molar-refractivity contribution in [3.05, 3.63) is 0 Å². The number of hydrogen-bond acceptors (Lipinski definition) is 1. The first-order chi connectivity index (χ1) is 5.38. The summed E-state index contributed by atoms with van der Waals surface area (Å²) in [5.74, 6) is 0.542. The van der Waals surface area contributed by atoms with Gasteiger partial charge in [-0.05, 0) is 19.3 Å². The molecule has 0 aromatic carbocycles. The molecule has 3 heteroatoms. The Morgan fingerprint density at radius 3 is 2.33 bits per heavy atom. The van der Waals surface area contributed by atoms with E-state index in [0.717, 1.165) is 6.54 Å². The van der Waals surface area contributed by atoms with Crippen LogP contribution in [0.3, 0.4) is 0 Å². The Kier molecular flexibility index (Phi) is 4.07. The minimum atomic E-state index is 0.216. The Hall–Kier alpha value is -0.730. The molecule has 0 aliphatic carbocycles. The summed E-state index contributed by atoms with van der Waals surface area (Å²) < 4.78 is 0. The van der Waals surface area contributed by atoms with Gasteiger partial charge in [-0.2, -0.15) is 0 Å². The van der Waals surface area contributed by atoms with E-state index in [4.69, 9.17) is 5.73 Å². The number of hydrogen-bond donors (Lipinski definition) is 2. The highest BCUT2D eigenvalue weighted by Gasteiger charge is 2.19. The number of guanidine groups is 1. The topological polar surface area (TPSA) is 50.4 Å². The molecule has 0 amide bonds. The first-order valence-corrected chi connectivity index (χ1v) is 4.44. The van der Waals surface area contributed by atoms with Crippen LogP contribution in [0.4, 0.5) is 0 Å². The molecule has 0 fully saturated rings. The Morgan fingerprint density at radius 2 is 2.00 bits per heavy atom. The number of nitrogens with zero attached hydrogens (tertiary/aromatic N) is 1. The van der Waals surface area contributed by atoms with Crippen LogP contribution in [0.15, 0.2) is 4.99 Å². The van der Waals surface area contributed by atoms with E-state index in [1.54, 1.807) is 0 Å². The van der Waals surface area contributed by atoms with E-state index in [9.17, 15) is 0 Å². The molecular formula is C9H21N3. The Labute approximate surface area is 75.4 Å². The predicted octanol–water partition coefficient (Wildman–Crippen LogP) is 1.35.